The largest absolute Gasteiger partial charge is 0.443 e. The van der Waals surface area contributed by atoms with Crippen molar-refractivity contribution < 1.29 is 9.53 Å². The summed E-state index contributed by atoms with van der Waals surface area (Å²) in [4.78, 5) is 13.0. The van der Waals surface area contributed by atoms with E-state index in [0.717, 1.165) is 3.70 Å². The monoisotopic (exact) mass is 335 g/mol. The lowest BCUT2D eigenvalue weighted by molar-refractivity contribution is 0.0588. The number of aromatic nitrogens is 2. The molecule has 1 rings (SSSR count). The van der Waals surface area contributed by atoms with Gasteiger partial charge in [-0.15, -0.1) is 10.2 Å². The van der Waals surface area contributed by atoms with E-state index in [-0.39, 0.29) is 0 Å². The first-order valence-corrected chi connectivity index (χ1v) is 5.83. The highest BCUT2D eigenvalue weighted by atomic mass is 127. The van der Waals surface area contributed by atoms with E-state index in [0.29, 0.717) is 5.82 Å². The molecule has 0 saturated heterocycles. The summed E-state index contributed by atoms with van der Waals surface area (Å²) in [7, 11) is 1.60. The first kappa shape index (κ1) is 13.1. The molecule has 1 heterocycles. The topological polar surface area (TPSA) is 55.3 Å². The van der Waals surface area contributed by atoms with Gasteiger partial charge in [0, 0.05) is 7.05 Å². The van der Waals surface area contributed by atoms with Gasteiger partial charge in [-0.25, -0.2) is 4.79 Å². The molecular formula is C10H14IN3O2. The molecule has 0 radical (unpaired) electrons. The number of rotatable bonds is 1. The number of nitrogens with zero attached hydrogens (tertiary/aromatic N) is 3. The number of carbonyl (C=O) groups excluding carboxylic acids is 1. The minimum absolute atomic E-state index is 0.442. The molecule has 0 N–H and O–H groups in total. The lowest BCUT2D eigenvalue weighted by Crippen LogP contribution is -2.34. The van der Waals surface area contributed by atoms with Crippen molar-refractivity contribution in [2.24, 2.45) is 0 Å². The van der Waals surface area contributed by atoms with Gasteiger partial charge in [0.1, 0.15) is 9.30 Å². The van der Waals surface area contributed by atoms with Crippen molar-refractivity contribution >= 4 is 34.5 Å². The summed E-state index contributed by atoms with van der Waals surface area (Å²) >= 11 is 2.05. The molecule has 0 aliphatic carbocycles. The molecule has 1 aromatic heterocycles. The molecule has 0 saturated carbocycles. The summed E-state index contributed by atoms with van der Waals surface area (Å²) < 4.78 is 5.98. The van der Waals surface area contributed by atoms with Gasteiger partial charge in [0.15, 0.2) is 5.82 Å². The van der Waals surface area contributed by atoms with Crippen LogP contribution >= 0.6 is 22.6 Å². The molecule has 6 heteroatoms. The molecule has 0 aliphatic rings. The third-order valence-corrected chi connectivity index (χ3v) is 2.20. The summed E-state index contributed by atoms with van der Waals surface area (Å²) in [6, 6.07) is 3.50. The summed E-state index contributed by atoms with van der Waals surface area (Å²) in [6.45, 7) is 5.45. The van der Waals surface area contributed by atoms with Gasteiger partial charge in [-0.05, 0) is 55.5 Å². The first-order valence-electron chi connectivity index (χ1n) is 4.75. The predicted octanol–water partition coefficient (Wildman–Crippen LogP) is 2.45. The molecule has 88 valence electrons. The quantitative estimate of drug-likeness (QED) is 0.740. The van der Waals surface area contributed by atoms with Crippen LogP contribution < -0.4 is 4.90 Å². The van der Waals surface area contributed by atoms with Crippen molar-refractivity contribution in [1.82, 2.24) is 10.2 Å². The molecular weight excluding hydrogens is 321 g/mol. The molecule has 1 aromatic rings. The summed E-state index contributed by atoms with van der Waals surface area (Å²) in [5, 5.41) is 7.76. The molecule has 0 bridgehead atoms. The predicted molar refractivity (Wildman–Crippen MR) is 69.4 cm³/mol. The number of hydrogen-bond donors (Lipinski definition) is 0. The highest BCUT2D eigenvalue weighted by Crippen LogP contribution is 2.14. The van der Waals surface area contributed by atoms with Crippen molar-refractivity contribution in [2.45, 2.75) is 26.4 Å². The number of hydrogen-bond acceptors (Lipinski definition) is 4. The van der Waals surface area contributed by atoms with Crippen LogP contribution in [-0.4, -0.2) is 28.9 Å². The van der Waals surface area contributed by atoms with Gasteiger partial charge in [-0.1, -0.05) is 0 Å². The third-order valence-electron chi connectivity index (χ3n) is 1.63. The van der Waals surface area contributed by atoms with Crippen molar-refractivity contribution in [2.75, 3.05) is 11.9 Å². The van der Waals surface area contributed by atoms with E-state index in [9.17, 15) is 4.79 Å². The van der Waals surface area contributed by atoms with E-state index in [1.165, 1.54) is 4.90 Å². The number of carbonyl (C=O) groups is 1. The van der Waals surface area contributed by atoms with E-state index >= 15 is 0 Å². The van der Waals surface area contributed by atoms with Crippen molar-refractivity contribution in [3.63, 3.8) is 0 Å². The Hall–Kier alpha value is -0.920. The van der Waals surface area contributed by atoms with Gasteiger partial charge in [-0.2, -0.15) is 0 Å². The van der Waals surface area contributed by atoms with Crippen LogP contribution in [0.25, 0.3) is 0 Å². The number of ether oxygens (including phenoxy) is 1. The molecule has 5 nitrogen and oxygen atoms in total. The standard InChI is InChI=1S/C10H14IN3O2/c1-10(2,3)16-9(15)14(4)8-6-5-7(11)12-13-8/h5-6H,1-4H3. The zero-order chi connectivity index (χ0) is 12.3. The van der Waals surface area contributed by atoms with Gasteiger partial charge in [0.2, 0.25) is 0 Å². The Balaban J connectivity index is 2.74. The van der Waals surface area contributed by atoms with E-state index < -0.39 is 11.7 Å². The van der Waals surface area contributed by atoms with Crippen LogP contribution in [0, 0.1) is 3.70 Å². The second kappa shape index (κ2) is 4.94. The average Bonchev–Trinajstić information content (AvgIpc) is 2.15. The van der Waals surface area contributed by atoms with E-state index in [1.54, 1.807) is 19.2 Å². The molecule has 0 unspecified atom stereocenters. The summed E-state index contributed by atoms with van der Waals surface area (Å²) in [5.74, 6) is 0.467. The Kier molecular flexibility index (Phi) is 4.06. The Morgan fingerprint density at radius 3 is 2.44 bits per heavy atom. The van der Waals surface area contributed by atoms with Crippen LogP contribution in [0.2, 0.25) is 0 Å². The van der Waals surface area contributed by atoms with Crippen LogP contribution in [0.4, 0.5) is 10.6 Å². The second-order valence-corrected chi connectivity index (χ2v) is 5.36. The molecule has 0 spiro atoms. The fraction of sp³-hybridized carbons (Fsp3) is 0.500. The second-order valence-electron chi connectivity index (χ2n) is 4.25. The Morgan fingerprint density at radius 1 is 1.38 bits per heavy atom. The van der Waals surface area contributed by atoms with Gasteiger partial charge in [0.05, 0.1) is 0 Å². The highest BCUT2D eigenvalue weighted by Gasteiger charge is 2.21. The number of halogens is 1. The minimum Gasteiger partial charge on any atom is -0.443 e. The van der Waals surface area contributed by atoms with E-state index in [1.807, 2.05) is 20.8 Å². The average molecular weight is 335 g/mol. The minimum atomic E-state index is -0.512. The smallest absolute Gasteiger partial charge is 0.415 e. The van der Waals surface area contributed by atoms with Gasteiger partial charge in [0.25, 0.3) is 0 Å². The van der Waals surface area contributed by atoms with Crippen LogP contribution in [0.1, 0.15) is 20.8 Å². The fourth-order valence-electron chi connectivity index (χ4n) is 0.912. The molecule has 0 aliphatic heterocycles. The van der Waals surface area contributed by atoms with Crippen LogP contribution in [0.5, 0.6) is 0 Å². The van der Waals surface area contributed by atoms with Crippen LogP contribution in [-0.2, 0) is 4.74 Å². The zero-order valence-corrected chi connectivity index (χ0v) is 11.8. The fourth-order valence-corrected chi connectivity index (χ4v) is 1.20. The summed E-state index contributed by atoms with van der Waals surface area (Å²) in [5.41, 5.74) is -0.512. The SMILES string of the molecule is CN(C(=O)OC(C)(C)C)c1ccc(I)nn1. The molecule has 1 amide bonds. The molecule has 0 aromatic carbocycles. The van der Waals surface area contributed by atoms with Gasteiger partial charge >= 0.3 is 6.09 Å². The van der Waals surface area contributed by atoms with E-state index in [4.69, 9.17) is 4.74 Å². The lowest BCUT2D eigenvalue weighted by atomic mass is 10.2. The molecule has 16 heavy (non-hydrogen) atoms. The van der Waals surface area contributed by atoms with Crippen molar-refractivity contribution in [1.29, 1.82) is 0 Å². The van der Waals surface area contributed by atoms with Crippen LogP contribution in [0.3, 0.4) is 0 Å². The Labute approximate surface area is 108 Å². The number of anilines is 1. The first-order chi connectivity index (χ1) is 7.29. The Bertz CT molecular complexity index is 373. The van der Waals surface area contributed by atoms with Crippen molar-refractivity contribution in [3.8, 4) is 0 Å². The maximum Gasteiger partial charge on any atom is 0.415 e. The van der Waals surface area contributed by atoms with Crippen LogP contribution in [0.15, 0.2) is 12.1 Å². The number of amides is 1. The maximum absolute atomic E-state index is 11.7. The normalized spacial score (nSPS) is 11.1. The Morgan fingerprint density at radius 2 is 2.00 bits per heavy atom. The van der Waals surface area contributed by atoms with Crippen molar-refractivity contribution in [3.05, 3.63) is 15.8 Å². The molecule has 0 fully saturated rings. The van der Waals surface area contributed by atoms with Gasteiger partial charge < -0.3 is 4.74 Å². The summed E-state index contributed by atoms with van der Waals surface area (Å²) in [6.07, 6.45) is -0.442. The highest BCUT2D eigenvalue weighted by molar-refractivity contribution is 14.1. The third kappa shape index (κ3) is 3.92. The molecule has 0 atom stereocenters. The lowest BCUT2D eigenvalue weighted by Gasteiger charge is -2.23. The van der Waals surface area contributed by atoms with Gasteiger partial charge in [-0.3, -0.25) is 4.90 Å². The maximum atomic E-state index is 11.7. The zero-order valence-electron chi connectivity index (χ0n) is 9.69. The van der Waals surface area contributed by atoms with E-state index in [2.05, 4.69) is 32.8 Å².